The summed E-state index contributed by atoms with van der Waals surface area (Å²) in [6.45, 7) is 2.45. The predicted molar refractivity (Wildman–Crippen MR) is 108 cm³/mol. The van der Waals surface area contributed by atoms with Crippen LogP contribution in [0.15, 0.2) is 54.9 Å². The maximum absolute atomic E-state index is 11.6. The van der Waals surface area contributed by atoms with E-state index in [-0.39, 0.29) is 5.91 Å². The lowest BCUT2D eigenvalue weighted by Crippen LogP contribution is -2.13. The number of anilines is 2. The van der Waals surface area contributed by atoms with E-state index in [9.17, 15) is 4.79 Å². The van der Waals surface area contributed by atoms with E-state index in [0.29, 0.717) is 24.0 Å². The van der Waals surface area contributed by atoms with Gasteiger partial charge in [0.25, 0.3) is 5.91 Å². The number of pyridine rings is 2. The number of carbonyl (C=O) groups excluding carboxylic acids is 1. The first-order chi connectivity index (χ1) is 14.2. The molecule has 0 atom stereocenters. The molecule has 1 amide bonds. The van der Waals surface area contributed by atoms with Gasteiger partial charge in [-0.25, -0.2) is 4.98 Å². The third kappa shape index (κ3) is 3.31. The van der Waals surface area contributed by atoms with E-state index in [0.717, 1.165) is 33.6 Å². The molecule has 8 heteroatoms. The number of benzene rings is 1. The molecule has 5 rings (SSSR count). The first-order valence-electron chi connectivity index (χ1n) is 9.16. The summed E-state index contributed by atoms with van der Waals surface area (Å²) in [6, 6.07) is 14.0. The first kappa shape index (κ1) is 17.1. The normalized spacial score (nSPS) is 12.5. The molecule has 1 aliphatic heterocycles. The molecule has 0 spiro atoms. The Morgan fingerprint density at radius 1 is 0.966 bits per heavy atom. The Morgan fingerprint density at radius 3 is 2.55 bits per heavy atom. The maximum atomic E-state index is 11.6. The van der Waals surface area contributed by atoms with Crippen LogP contribution in [0.25, 0.3) is 22.5 Å². The zero-order valence-electron chi connectivity index (χ0n) is 15.6. The van der Waals surface area contributed by atoms with Crippen LogP contribution >= 0.6 is 0 Å². The maximum Gasteiger partial charge on any atom is 0.270 e. The third-order valence-corrected chi connectivity index (χ3v) is 4.77. The monoisotopic (exact) mass is 383 g/mol. The topological polar surface area (TPSA) is 108 Å². The summed E-state index contributed by atoms with van der Waals surface area (Å²) in [5.74, 6) is 0.953. The van der Waals surface area contributed by atoms with Crippen molar-refractivity contribution in [2.24, 2.45) is 0 Å². The van der Waals surface area contributed by atoms with E-state index in [1.54, 1.807) is 6.20 Å². The molecule has 142 valence electrons. The van der Waals surface area contributed by atoms with Gasteiger partial charge in [0.2, 0.25) is 5.95 Å². The second-order valence-corrected chi connectivity index (χ2v) is 6.81. The third-order valence-electron chi connectivity index (χ3n) is 4.77. The molecule has 1 aromatic carbocycles. The van der Waals surface area contributed by atoms with Gasteiger partial charge >= 0.3 is 0 Å². The lowest BCUT2D eigenvalue weighted by Gasteiger charge is -2.03. The number of carbonyl (C=O) groups is 1. The SMILES string of the molecule is Cc1ccc(-c2ccc(-c3nc(Nc4cnc5c(c4)CNC5=O)n[nH]3)cc2)cn1. The Bertz CT molecular complexity index is 1200. The number of fused-ring (bicyclic) bond motifs is 1. The van der Waals surface area contributed by atoms with Crippen molar-refractivity contribution in [2.75, 3.05) is 5.32 Å². The van der Waals surface area contributed by atoms with Gasteiger partial charge in [-0.3, -0.25) is 14.9 Å². The fourth-order valence-corrected chi connectivity index (χ4v) is 3.21. The second-order valence-electron chi connectivity index (χ2n) is 6.81. The largest absolute Gasteiger partial charge is 0.347 e. The van der Waals surface area contributed by atoms with Gasteiger partial charge in [0.1, 0.15) is 5.69 Å². The van der Waals surface area contributed by atoms with Gasteiger partial charge in [0.05, 0.1) is 11.9 Å². The lowest BCUT2D eigenvalue weighted by molar-refractivity contribution is 0.0961. The van der Waals surface area contributed by atoms with Crippen LogP contribution in [0.3, 0.4) is 0 Å². The molecule has 0 radical (unpaired) electrons. The number of nitrogens with zero attached hydrogens (tertiary/aromatic N) is 4. The van der Waals surface area contributed by atoms with Crippen LogP contribution in [0, 0.1) is 6.92 Å². The van der Waals surface area contributed by atoms with Crippen LogP contribution in [0.1, 0.15) is 21.7 Å². The van der Waals surface area contributed by atoms with Crippen LogP contribution in [0.4, 0.5) is 11.6 Å². The van der Waals surface area contributed by atoms with Gasteiger partial charge in [-0.05, 0) is 24.6 Å². The average molecular weight is 383 g/mol. The molecule has 4 heterocycles. The van der Waals surface area contributed by atoms with Crippen LogP contribution in [-0.4, -0.2) is 31.1 Å². The number of H-pyrrole nitrogens is 1. The van der Waals surface area contributed by atoms with Crippen LogP contribution in [0.5, 0.6) is 0 Å². The van der Waals surface area contributed by atoms with Gasteiger partial charge in [-0.1, -0.05) is 30.3 Å². The zero-order valence-corrected chi connectivity index (χ0v) is 15.6. The summed E-state index contributed by atoms with van der Waals surface area (Å²) in [7, 11) is 0. The Morgan fingerprint density at radius 2 is 1.76 bits per heavy atom. The number of hydrogen-bond donors (Lipinski definition) is 3. The summed E-state index contributed by atoms with van der Waals surface area (Å²) in [5.41, 5.74) is 6.13. The number of aryl methyl sites for hydroxylation is 1. The molecule has 0 aliphatic carbocycles. The number of nitrogens with one attached hydrogen (secondary N) is 3. The standard InChI is InChI=1S/C21H17N7O/c1-12-2-3-15(9-22-12)13-4-6-14(7-5-13)19-26-21(28-27-19)25-17-8-16-10-24-20(29)18(16)23-11-17/h2-9,11H,10H2,1H3,(H,24,29)(H2,25,26,27,28). The summed E-state index contributed by atoms with van der Waals surface area (Å²) < 4.78 is 0. The Labute approximate surface area is 166 Å². The van der Waals surface area contributed by atoms with E-state index in [1.165, 1.54) is 0 Å². The minimum Gasteiger partial charge on any atom is -0.347 e. The van der Waals surface area contributed by atoms with Crippen molar-refractivity contribution in [3.05, 3.63) is 71.8 Å². The summed E-state index contributed by atoms with van der Waals surface area (Å²) in [4.78, 5) is 24.6. The smallest absolute Gasteiger partial charge is 0.270 e. The van der Waals surface area contributed by atoms with Gasteiger partial charge < -0.3 is 10.6 Å². The van der Waals surface area contributed by atoms with E-state index in [1.807, 2.05) is 49.5 Å². The quantitative estimate of drug-likeness (QED) is 0.499. The van der Waals surface area contributed by atoms with Gasteiger partial charge in [-0.2, -0.15) is 4.98 Å². The highest BCUT2D eigenvalue weighted by atomic mass is 16.2. The number of aromatic nitrogens is 5. The number of rotatable bonds is 4. The van der Waals surface area contributed by atoms with E-state index in [4.69, 9.17) is 0 Å². The number of hydrogen-bond acceptors (Lipinski definition) is 6. The molecule has 0 saturated carbocycles. The van der Waals surface area contributed by atoms with Gasteiger partial charge in [0, 0.05) is 35.1 Å². The molecule has 29 heavy (non-hydrogen) atoms. The van der Waals surface area contributed by atoms with Crippen molar-refractivity contribution in [3.63, 3.8) is 0 Å². The predicted octanol–water partition coefficient (Wildman–Crippen LogP) is 3.22. The fourth-order valence-electron chi connectivity index (χ4n) is 3.21. The summed E-state index contributed by atoms with van der Waals surface area (Å²) in [5, 5.41) is 13.0. The average Bonchev–Trinajstić information content (AvgIpc) is 3.36. The highest BCUT2D eigenvalue weighted by Gasteiger charge is 2.20. The molecule has 3 aromatic heterocycles. The molecule has 4 aromatic rings. The molecule has 1 aliphatic rings. The van der Waals surface area contributed by atoms with Gasteiger partial charge in [-0.15, -0.1) is 5.10 Å². The number of amides is 1. The van der Waals surface area contributed by atoms with Crippen molar-refractivity contribution in [1.29, 1.82) is 0 Å². The van der Waals surface area contributed by atoms with E-state index in [2.05, 4.69) is 41.8 Å². The second kappa shape index (κ2) is 6.83. The van der Waals surface area contributed by atoms with E-state index >= 15 is 0 Å². The highest BCUT2D eigenvalue weighted by molar-refractivity contribution is 5.96. The van der Waals surface area contributed by atoms with Crippen LogP contribution in [-0.2, 0) is 6.54 Å². The Hall–Kier alpha value is -4.07. The minimum absolute atomic E-state index is 0.142. The Kier molecular flexibility index (Phi) is 4.02. The molecule has 3 N–H and O–H groups in total. The van der Waals surface area contributed by atoms with Crippen molar-refractivity contribution >= 4 is 17.5 Å². The lowest BCUT2D eigenvalue weighted by atomic mass is 10.1. The minimum atomic E-state index is -0.142. The van der Waals surface area contributed by atoms with E-state index < -0.39 is 0 Å². The van der Waals surface area contributed by atoms with Crippen molar-refractivity contribution in [2.45, 2.75) is 13.5 Å². The van der Waals surface area contributed by atoms with Gasteiger partial charge in [0.15, 0.2) is 5.82 Å². The molecule has 8 nitrogen and oxygen atoms in total. The Balaban J connectivity index is 1.33. The molecule has 0 saturated heterocycles. The highest BCUT2D eigenvalue weighted by Crippen LogP contribution is 2.24. The summed E-state index contributed by atoms with van der Waals surface area (Å²) in [6.07, 6.45) is 3.47. The molecule has 0 bridgehead atoms. The molecular weight excluding hydrogens is 366 g/mol. The van der Waals surface area contributed by atoms with Crippen molar-refractivity contribution < 1.29 is 4.79 Å². The first-order valence-corrected chi connectivity index (χ1v) is 9.16. The zero-order chi connectivity index (χ0) is 19.8. The molecule has 0 unspecified atom stereocenters. The molecular formula is C21H17N7O. The van der Waals surface area contributed by atoms with Crippen molar-refractivity contribution in [1.82, 2.24) is 30.5 Å². The number of aromatic amines is 1. The van der Waals surface area contributed by atoms with Crippen molar-refractivity contribution in [3.8, 4) is 22.5 Å². The molecule has 0 fully saturated rings. The summed E-state index contributed by atoms with van der Waals surface area (Å²) >= 11 is 0. The van der Waals surface area contributed by atoms with Crippen LogP contribution in [0.2, 0.25) is 0 Å². The fraction of sp³-hybridized carbons (Fsp3) is 0.0952. The van der Waals surface area contributed by atoms with Crippen LogP contribution < -0.4 is 10.6 Å².